The smallest absolute Gasteiger partial charge is 0.252 e. The van der Waals surface area contributed by atoms with Crippen molar-refractivity contribution >= 4 is 16.9 Å². The maximum atomic E-state index is 13.9. The van der Waals surface area contributed by atoms with Gasteiger partial charge in [-0.2, -0.15) is 5.10 Å². The normalized spacial score (nSPS) is 12.7. The third-order valence-electron chi connectivity index (χ3n) is 4.86. The molecule has 154 valence electrons. The predicted octanol–water partition coefficient (Wildman–Crippen LogP) is 4.77. The van der Waals surface area contributed by atoms with Crippen molar-refractivity contribution in [2.45, 2.75) is 59.0 Å². The van der Waals surface area contributed by atoms with E-state index in [0.29, 0.717) is 16.6 Å². The van der Waals surface area contributed by atoms with Crippen molar-refractivity contribution in [2.24, 2.45) is 0 Å². The Hall–Kier alpha value is -2.83. The van der Waals surface area contributed by atoms with E-state index >= 15 is 0 Å². The van der Waals surface area contributed by atoms with Crippen LogP contribution < -0.4 is 5.32 Å². The summed E-state index contributed by atoms with van der Waals surface area (Å²) >= 11 is 0. The van der Waals surface area contributed by atoms with Crippen LogP contribution >= 0.6 is 0 Å². The largest absolute Gasteiger partial charge is 0.349 e. The van der Waals surface area contributed by atoms with Gasteiger partial charge in [-0.05, 0) is 51.3 Å². The Kier molecular flexibility index (Phi) is 5.96. The monoisotopic (exact) mass is 400 g/mol. The second-order valence-corrected chi connectivity index (χ2v) is 7.95. The summed E-state index contributed by atoms with van der Waals surface area (Å²) in [6.45, 7) is 9.75. The fraction of sp³-hybridized carbons (Fsp3) is 0.409. The minimum absolute atomic E-state index is 0.0318. The predicted molar refractivity (Wildman–Crippen MR) is 109 cm³/mol. The van der Waals surface area contributed by atoms with Crippen LogP contribution in [0.2, 0.25) is 0 Å². The molecular formula is C22H26F2N4O. The highest BCUT2D eigenvalue weighted by Crippen LogP contribution is 2.24. The van der Waals surface area contributed by atoms with Gasteiger partial charge in [0, 0.05) is 23.3 Å². The number of hydrogen-bond acceptors (Lipinski definition) is 3. The lowest BCUT2D eigenvalue weighted by molar-refractivity contribution is 0.0941. The first-order valence-corrected chi connectivity index (χ1v) is 9.81. The van der Waals surface area contributed by atoms with E-state index in [9.17, 15) is 13.6 Å². The van der Waals surface area contributed by atoms with E-state index in [1.165, 1.54) is 18.2 Å². The molecule has 1 amide bonds. The molecule has 1 atom stereocenters. The summed E-state index contributed by atoms with van der Waals surface area (Å²) in [5.41, 5.74) is 1.88. The highest BCUT2D eigenvalue weighted by molar-refractivity contribution is 6.05. The number of carbonyl (C=O) groups excluding carboxylic acids is 1. The van der Waals surface area contributed by atoms with Gasteiger partial charge in [0.2, 0.25) is 0 Å². The third kappa shape index (κ3) is 4.28. The number of carbonyl (C=O) groups is 1. The molecule has 0 saturated heterocycles. The molecular weight excluding hydrogens is 374 g/mol. The zero-order chi connectivity index (χ0) is 21.3. The first-order valence-electron chi connectivity index (χ1n) is 9.81. The van der Waals surface area contributed by atoms with Crippen LogP contribution in [0.4, 0.5) is 8.78 Å². The van der Waals surface area contributed by atoms with Gasteiger partial charge in [-0.25, -0.2) is 18.4 Å². The average Bonchev–Trinajstić information content (AvgIpc) is 3.08. The molecule has 1 unspecified atom stereocenters. The molecule has 0 radical (unpaired) electrons. The third-order valence-corrected chi connectivity index (χ3v) is 4.86. The molecule has 1 N–H and O–H groups in total. The second kappa shape index (κ2) is 8.27. The lowest BCUT2D eigenvalue weighted by Gasteiger charge is -2.16. The van der Waals surface area contributed by atoms with Crippen molar-refractivity contribution in [3.05, 3.63) is 58.9 Å². The number of pyridine rings is 1. The van der Waals surface area contributed by atoms with Crippen molar-refractivity contribution in [2.75, 3.05) is 0 Å². The summed E-state index contributed by atoms with van der Waals surface area (Å²) in [6.07, 6.45) is 1.70. The summed E-state index contributed by atoms with van der Waals surface area (Å²) < 4.78 is 29.6. The fourth-order valence-corrected chi connectivity index (χ4v) is 3.29. The quantitative estimate of drug-likeness (QED) is 0.648. The Labute approximate surface area is 169 Å². The molecule has 5 nitrogen and oxygen atoms in total. The van der Waals surface area contributed by atoms with Crippen molar-refractivity contribution in [3.8, 4) is 0 Å². The molecule has 0 aliphatic heterocycles. The number of rotatable bonds is 6. The Balaban J connectivity index is 1.92. The zero-order valence-electron chi connectivity index (χ0n) is 17.3. The molecule has 0 fully saturated rings. The van der Waals surface area contributed by atoms with Crippen molar-refractivity contribution in [1.29, 1.82) is 0 Å². The van der Waals surface area contributed by atoms with Crippen LogP contribution in [0.3, 0.4) is 0 Å². The first-order chi connectivity index (χ1) is 13.7. The van der Waals surface area contributed by atoms with Gasteiger partial charge in [-0.3, -0.25) is 4.79 Å². The zero-order valence-corrected chi connectivity index (χ0v) is 17.3. The van der Waals surface area contributed by atoms with E-state index in [4.69, 9.17) is 4.98 Å². The number of nitrogens with one attached hydrogen (secondary N) is 1. The molecule has 0 saturated carbocycles. The van der Waals surface area contributed by atoms with Crippen molar-refractivity contribution in [3.63, 3.8) is 0 Å². The number of halogens is 2. The maximum absolute atomic E-state index is 13.9. The fourth-order valence-electron chi connectivity index (χ4n) is 3.29. The van der Waals surface area contributed by atoms with Crippen LogP contribution in [-0.4, -0.2) is 26.7 Å². The summed E-state index contributed by atoms with van der Waals surface area (Å²) in [5.74, 6) is -1.41. The van der Waals surface area contributed by atoms with Crippen LogP contribution in [-0.2, 0) is 6.42 Å². The topological polar surface area (TPSA) is 59.8 Å². The van der Waals surface area contributed by atoms with E-state index in [0.717, 1.165) is 5.69 Å². The minimum Gasteiger partial charge on any atom is -0.349 e. The Morgan fingerprint density at radius 2 is 1.79 bits per heavy atom. The lowest BCUT2D eigenvalue weighted by Crippen LogP contribution is -2.34. The maximum Gasteiger partial charge on any atom is 0.252 e. The minimum atomic E-state index is -0.613. The highest BCUT2D eigenvalue weighted by atomic mass is 19.1. The van der Waals surface area contributed by atoms with E-state index in [2.05, 4.69) is 10.4 Å². The van der Waals surface area contributed by atoms with Crippen LogP contribution in [0.25, 0.3) is 11.0 Å². The SMILES string of the molecule is CC(Cc1c(F)cccc1F)NC(=O)c1cc(C(C)C)nc2c1cnn2C(C)C. The molecule has 2 aromatic heterocycles. The number of benzene rings is 1. The molecule has 29 heavy (non-hydrogen) atoms. The summed E-state index contributed by atoms with van der Waals surface area (Å²) in [7, 11) is 0. The van der Waals surface area contributed by atoms with Gasteiger partial charge in [0.15, 0.2) is 5.65 Å². The molecule has 0 aliphatic carbocycles. The Bertz CT molecular complexity index is 1020. The summed E-state index contributed by atoms with van der Waals surface area (Å²) in [6, 6.07) is 5.17. The van der Waals surface area contributed by atoms with Crippen LogP contribution in [0.15, 0.2) is 30.5 Å². The average molecular weight is 400 g/mol. The number of nitrogens with zero attached hydrogens (tertiary/aromatic N) is 3. The highest BCUT2D eigenvalue weighted by Gasteiger charge is 2.21. The second-order valence-electron chi connectivity index (χ2n) is 7.95. The van der Waals surface area contributed by atoms with Gasteiger partial charge in [0.05, 0.1) is 17.1 Å². The van der Waals surface area contributed by atoms with Gasteiger partial charge < -0.3 is 5.32 Å². The van der Waals surface area contributed by atoms with E-state index in [-0.39, 0.29) is 29.9 Å². The van der Waals surface area contributed by atoms with Gasteiger partial charge >= 0.3 is 0 Å². The van der Waals surface area contributed by atoms with E-state index < -0.39 is 17.7 Å². The van der Waals surface area contributed by atoms with Crippen LogP contribution in [0.1, 0.15) is 68.2 Å². The van der Waals surface area contributed by atoms with Crippen molar-refractivity contribution < 1.29 is 13.6 Å². The molecule has 0 spiro atoms. The van der Waals surface area contributed by atoms with Crippen molar-refractivity contribution in [1.82, 2.24) is 20.1 Å². The summed E-state index contributed by atoms with van der Waals surface area (Å²) in [5, 5.41) is 7.90. The molecule has 7 heteroatoms. The molecule has 3 aromatic rings. The van der Waals surface area contributed by atoms with Crippen LogP contribution in [0.5, 0.6) is 0 Å². The van der Waals surface area contributed by atoms with Gasteiger partial charge in [0.1, 0.15) is 11.6 Å². The Morgan fingerprint density at radius 3 is 2.38 bits per heavy atom. The first kappa shape index (κ1) is 20.9. The van der Waals surface area contributed by atoms with Gasteiger partial charge in [0.25, 0.3) is 5.91 Å². The van der Waals surface area contributed by atoms with Crippen LogP contribution in [0, 0.1) is 11.6 Å². The number of amides is 1. The summed E-state index contributed by atoms with van der Waals surface area (Å²) in [4.78, 5) is 17.7. The van der Waals surface area contributed by atoms with Gasteiger partial charge in [-0.15, -0.1) is 0 Å². The molecule has 1 aromatic carbocycles. The van der Waals surface area contributed by atoms with E-state index in [1.807, 2.05) is 27.7 Å². The number of aromatic nitrogens is 3. The molecule has 3 rings (SSSR count). The van der Waals surface area contributed by atoms with E-state index in [1.54, 1.807) is 23.9 Å². The standard InChI is InChI=1S/C22H26F2N4O/c1-12(2)20-10-15(17-11-25-28(13(3)4)21(17)27-20)22(29)26-14(5)9-16-18(23)7-6-8-19(16)24/h6-8,10-14H,9H2,1-5H3,(H,26,29). The molecule has 2 heterocycles. The van der Waals surface area contributed by atoms with Gasteiger partial charge in [-0.1, -0.05) is 19.9 Å². The molecule has 0 aliphatic rings. The number of fused-ring (bicyclic) bond motifs is 1. The molecule has 0 bridgehead atoms. The number of hydrogen-bond donors (Lipinski definition) is 1. The Morgan fingerprint density at radius 1 is 1.14 bits per heavy atom. The lowest BCUT2D eigenvalue weighted by atomic mass is 10.0.